The van der Waals surface area contributed by atoms with Gasteiger partial charge in [0.2, 0.25) is 0 Å². The van der Waals surface area contributed by atoms with Crippen molar-refractivity contribution >= 4 is 5.97 Å². The summed E-state index contributed by atoms with van der Waals surface area (Å²) in [6.45, 7) is 4.28. The molecule has 1 aromatic rings. The Morgan fingerprint density at radius 2 is 1.94 bits per heavy atom. The number of nitrogens with one attached hydrogen (secondary N) is 1. The van der Waals surface area contributed by atoms with Crippen LogP contribution >= 0.6 is 0 Å². The molecular weight excluding hydrogens is 390 g/mol. The molecule has 1 aliphatic heterocycles. The van der Waals surface area contributed by atoms with Crippen molar-refractivity contribution in [2.45, 2.75) is 76.7 Å². The normalized spacial score (nSPS) is 25.0. The number of rotatable bonds is 10. The number of hydrogen-bond acceptors (Lipinski definition) is 5. The summed E-state index contributed by atoms with van der Waals surface area (Å²) in [5, 5.41) is 24.4. The monoisotopic (exact) mass is 427 g/mol. The number of ether oxygens (including phenoxy) is 1. The molecule has 0 saturated carbocycles. The summed E-state index contributed by atoms with van der Waals surface area (Å²) in [7, 11) is 0. The molecule has 5 nitrogen and oxygen atoms in total. The first kappa shape index (κ1) is 23.7. The van der Waals surface area contributed by atoms with Crippen molar-refractivity contribution in [1.82, 2.24) is 5.32 Å². The first-order valence-corrected chi connectivity index (χ1v) is 11.6. The predicted octanol–water partition coefficient (Wildman–Crippen LogP) is 3.34. The summed E-state index contributed by atoms with van der Waals surface area (Å²) < 4.78 is 5.14. The van der Waals surface area contributed by atoms with Crippen LogP contribution in [0.25, 0.3) is 0 Å². The Morgan fingerprint density at radius 1 is 1.23 bits per heavy atom. The minimum atomic E-state index is -0.478. The van der Waals surface area contributed by atoms with Crippen LogP contribution in [0.4, 0.5) is 0 Å². The Bertz CT molecular complexity index is 747. The number of aliphatic hydroxyl groups is 2. The highest BCUT2D eigenvalue weighted by Gasteiger charge is 2.32. The number of hydrogen-bond donors (Lipinski definition) is 3. The predicted molar refractivity (Wildman–Crippen MR) is 123 cm³/mol. The van der Waals surface area contributed by atoms with E-state index in [-0.39, 0.29) is 30.0 Å². The molecule has 1 saturated heterocycles. The number of esters is 1. The lowest BCUT2D eigenvalue weighted by molar-refractivity contribution is -0.147. The minimum absolute atomic E-state index is 0.0547. The second-order valence-corrected chi connectivity index (χ2v) is 9.12. The van der Waals surface area contributed by atoms with Crippen LogP contribution in [0.1, 0.15) is 50.7 Å². The third-order valence-electron chi connectivity index (χ3n) is 6.29. The highest BCUT2D eigenvalue weighted by molar-refractivity contribution is 5.69. The van der Waals surface area contributed by atoms with Crippen molar-refractivity contribution in [3.05, 3.63) is 59.7 Å². The maximum absolute atomic E-state index is 11.6. The van der Waals surface area contributed by atoms with Crippen LogP contribution < -0.4 is 5.32 Å². The lowest BCUT2D eigenvalue weighted by atomic mass is 9.92. The summed E-state index contributed by atoms with van der Waals surface area (Å²) in [5.74, 6) is 0.167. The molecule has 5 heteroatoms. The van der Waals surface area contributed by atoms with Gasteiger partial charge in [0.05, 0.1) is 18.3 Å². The SMILES string of the molecule is CC(C)OC(=O)CCC/C=C\C[C@H]1[C@@H](O)CN[C@@H]1/C=C/[C@@H](O)C1Cc2ccccc2C1. The van der Waals surface area contributed by atoms with Gasteiger partial charge in [-0.3, -0.25) is 4.79 Å². The van der Waals surface area contributed by atoms with Gasteiger partial charge in [-0.15, -0.1) is 0 Å². The van der Waals surface area contributed by atoms with E-state index in [0.717, 1.165) is 32.1 Å². The van der Waals surface area contributed by atoms with Crippen molar-refractivity contribution in [1.29, 1.82) is 0 Å². The van der Waals surface area contributed by atoms with Gasteiger partial charge in [-0.2, -0.15) is 0 Å². The molecule has 4 atom stereocenters. The van der Waals surface area contributed by atoms with Crippen molar-refractivity contribution in [3.8, 4) is 0 Å². The fourth-order valence-corrected chi connectivity index (χ4v) is 4.60. The molecule has 1 fully saturated rings. The molecule has 0 radical (unpaired) electrons. The number of benzene rings is 1. The van der Waals surface area contributed by atoms with Crippen LogP contribution in [0, 0.1) is 11.8 Å². The van der Waals surface area contributed by atoms with Gasteiger partial charge in [0, 0.05) is 24.9 Å². The van der Waals surface area contributed by atoms with Gasteiger partial charge in [0.1, 0.15) is 0 Å². The van der Waals surface area contributed by atoms with E-state index in [1.165, 1.54) is 11.1 Å². The lowest BCUT2D eigenvalue weighted by Crippen LogP contribution is -2.27. The Kier molecular flexibility index (Phi) is 8.88. The molecule has 0 amide bonds. The molecule has 0 unspecified atom stereocenters. The molecule has 1 heterocycles. The van der Waals surface area contributed by atoms with E-state index in [1.54, 1.807) is 0 Å². The number of carbonyl (C=O) groups excluding carboxylic acids is 1. The summed E-state index contributed by atoms with van der Waals surface area (Å²) in [6.07, 6.45) is 11.8. The van der Waals surface area contributed by atoms with E-state index < -0.39 is 12.2 Å². The molecule has 1 aliphatic carbocycles. The number of aliphatic hydroxyl groups excluding tert-OH is 2. The van der Waals surface area contributed by atoms with E-state index in [4.69, 9.17) is 4.74 Å². The van der Waals surface area contributed by atoms with Gasteiger partial charge < -0.3 is 20.3 Å². The molecule has 3 N–H and O–H groups in total. The van der Waals surface area contributed by atoms with E-state index in [2.05, 4.69) is 41.7 Å². The third-order valence-corrected chi connectivity index (χ3v) is 6.29. The summed E-state index contributed by atoms with van der Waals surface area (Å²) in [6, 6.07) is 8.47. The van der Waals surface area contributed by atoms with Crippen molar-refractivity contribution in [3.63, 3.8) is 0 Å². The molecule has 3 rings (SSSR count). The second kappa shape index (κ2) is 11.6. The fraction of sp³-hybridized carbons (Fsp3) is 0.577. The molecule has 0 aromatic heterocycles. The zero-order chi connectivity index (χ0) is 22.2. The van der Waals surface area contributed by atoms with Gasteiger partial charge in [-0.25, -0.2) is 0 Å². The van der Waals surface area contributed by atoms with E-state index in [0.29, 0.717) is 13.0 Å². The Balaban J connectivity index is 1.42. The maximum Gasteiger partial charge on any atom is 0.306 e. The van der Waals surface area contributed by atoms with Gasteiger partial charge in [0.15, 0.2) is 0 Å². The first-order chi connectivity index (χ1) is 14.9. The number of carbonyl (C=O) groups is 1. The quantitative estimate of drug-likeness (QED) is 0.303. The molecular formula is C26H37NO4. The fourth-order valence-electron chi connectivity index (χ4n) is 4.60. The van der Waals surface area contributed by atoms with Gasteiger partial charge in [-0.1, -0.05) is 48.6 Å². The summed E-state index contributed by atoms with van der Waals surface area (Å²) >= 11 is 0. The zero-order valence-electron chi connectivity index (χ0n) is 18.7. The van der Waals surface area contributed by atoms with Crippen molar-refractivity contribution < 1.29 is 19.7 Å². The Morgan fingerprint density at radius 3 is 2.61 bits per heavy atom. The molecule has 0 spiro atoms. The van der Waals surface area contributed by atoms with E-state index in [1.807, 2.05) is 26.0 Å². The third kappa shape index (κ3) is 7.03. The van der Waals surface area contributed by atoms with Crippen LogP contribution in [-0.4, -0.2) is 47.1 Å². The smallest absolute Gasteiger partial charge is 0.306 e. The average molecular weight is 428 g/mol. The number of β-amino-alcohol motifs (C(OH)–C–C–N with tert-alkyl or cyclic N) is 1. The molecule has 2 aliphatic rings. The average Bonchev–Trinajstić information content (AvgIpc) is 3.32. The first-order valence-electron chi connectivity index (χ1n) is 11.6. The van der Waals surface area contributed by atoms with Gasteiger partial charge >= 0.3 is 5.97 Å². The Labute approximate surface area is 186 Å². The highest BCUT2D eigenvalue weighted by atomic mass is 16.5. The molecule has 0 bridgehead atoms. The van der Waals surface area contributed by atoms with Crippen LogP contribution in [0.2, 0.25) is 0 Å². The van der Waals surface area contributed by atoms with Crippen LogP contribution in [0.3, 0.4) is 0 Å². The van der Waals surface area contributed by atoms with E-state index >= 15 is 0 Å². The van der Waals surface area contributed by atoms with Gasteiger partial charge in [0.25, 0.3) is 0 Å². The standard InChI is InChI=1S/C26H37NO4/c1-18(2)31-26(30)12-6-4-3-5-11-22-23(27-17-25(22)29)13-14-24(28)21-15-19-9-7-8-10-20(19)16-21/h3,5,7-10,13-14,18,21-25,27-29H,4,6,11-12,15-17H2,1-2H3/b5-3-,14-13+/t22-,23-,24-,25+/m1/s1. The number of allylic oxidation sites excluding steroid dienone is 2. The van der Waals surface area contributed by atoms with E-state index in [9.17, 15) is 15.0 Å². The van der Waals surface area contributed by atoms with Crippen molar-refractivity contribution in [2.75, 3.05) is 6.54 Å². The van der Waals surface area contributed by atoms with Crippen molar-refractivity contribution in [2.24, 2.45) is 11.8 Å². The lowest BCUT2D eigenvalue weighted by Gasteiger charge is -2.19. The minimum Gasteiger partial charge on any atom is -0.463 e. The van der Waals surface area contributed by atoms with Gasteiger partial charge in [-0.05, 0) is 63.0 Å². The Hall–Kier alpha value is -1.95. The number of unbranched alkanes of at least 4 members (excludes halogenated alkanes) is 1. The summed E-state index contributed by atoms with van der Waals surface area (Å²) in [4.78, 5) is 11.6. The van der Waals surface area contributed by atoms with Crippen LogP contribution in [0.5, 0.6) is 0 Å². The zero-order valence-corrected chi connectivity index (χ0v) is 18.7. The molecule has 170 valence electrons. The van der Waals surface area contributed by atoms with Crippen LogP contribution in [-0.2, 0) is 22.4 Å². The molecule has 31 heavy (non-hydrogen) atoms. The molecule has 1 aromatic carbocycles. The second-order valence-electron chi connectivity index (χ2n) is 9.12. The van der Waals surface area contributed by atoms with Crippen LogP contribution in [0.15, 0.2) is 48.6 Å². The number of fused-ring (bicyclic) bond motifs is 1. The summed E-state index contributed by atoms with van der Waals surface area (Å²) in [5.41, 5.74) is 2.68. The topological polar surface area (TPSA) is 78.8 Å². The largest absolute Gasteiger partial charge is 0.463 e. The maximum atomic E-state index is 11.6. The highest BCUT2D eigenvalue weighted by Crippen LogP contribution is 2.29.